The number of carbonyl (C=O) groups is 2. The van der Waals surface area contributed by atoms with Crippen LogP contribution in [0.2, 0.25) is 0 Å². The maximum absolute atomic E-state index is 13.1. The minimum atomic E-state index is -0.814. The van der Waals surface area contributed by atoms with E-state index in [2.05, 4.69) is 31.9 Å². The first kappa shape index (κ1) is 19.2. The van der Waals surface area contributed by atoms with Gasteiger partial charge in [-0.3, -0.25) is 14.5 Å². The zero-order chi connectivity index (χ0) is 20.3. The number of benzene rings is 1. The fourth-order valence-corrected chi connectivity index (χ4v) is 5.89. The van der Waals surface area contributed by atoms with Crippen LogP contribution in [0.15, 0.2) is 12.1 Å². The Kier molecular flexibility index (Phi) is 4.45. The zero-order valence-corrected chi connectivity index (χ0v) is 17.3. The molecule has 2 heterocycles. The van der Waals surface area contributed by atoms with Gasteiger partial charge >= 0.3 is 5.97 Å². The highest BCUT2D eigenvalue weighted by molar-refractivity contribution is 5.90. The predicted octanol–water partition coefficient (Wildman–Crippen LogP) is 2.65. The number of aryl methyl sites for hydroxylation is 1. The highest BCUT2D eigenvalue weighted by Crippen LogP contribution is 2.63. The molecule has 1 saturated heterocycles. The van der Waals surface area contributed by atoms with Crippen molar-refractivity contribution in [1.29, 1.82) is 0 Å². The summed E-state index contributed by atoms with van der Waals surface area (Å²) in [5.74, 6) is 1.05. The van der Waals surface area contributed by atoms with Crippen molar-refractivity contribution >= 4 is 11.8 Å². The van der Waals surface area contributed by atoms with Gasteiger partial charge in [0.05, 0.1) is 12.5 Å². The number of carbonyl (C=O) groups excluding carboxylic acids is 2. The Labute approximate surface area is 166 Å². The lowest BCUT2D eigenvalue weighted by atomic mass is 9.52. The predicted molar refractivity (Wildman–Crippen MR) is 104 cm³/mol. The lowest BCUT2D eigenvalue weighted by Crippen LogP contribution is -2.74. The van der Waals surface area contributed by atoms with Crippen molar-refractivity contribution in [2.45, 2.75) is 69.6 Å². The number of esters is 1. The number of ether oxygens (including phenoxy) is 3. The molecule has 6 heteroatoms. The van der Waals surface area contributed by atoms with E-state index in [0.29, 0.717) is 30.8 Å². The Morgan fingerprint density at radius 3 is 2.75 bits per heavy atom. The number of nitrogens with zero attached hydrogens (tertiary/aromatic N) is 1. The molecule has 1 aromatic carbocycles. The fourth-order valence-electron chi connectivity index (χ4n) is 5.89. The van der Waals surface area contributed by atoms with E-state index >= 15 is 0 Å². The molecule has 1 saturated carbocycles. The van der Waals surface area contributed by atoms with Gasteiger partial charge in [0.25, 0.3) is 0 Å². The second-order valence-corrected chi connectivity index (χ2v) is 8.31. The molecule has 0 bridgehead atoms. The van der Waals surface area contributed by atoms with E-state index in [4.69, 9.17) is 14.2 Å². The zero-order valence-electron chi connectivity index (χ0n) is 17.3. The molecule has 1 aliphatic carbocycles. The van der Waals surface area contributed by atoms with Gasteiger partial charge in [0.1, 0.15) is 5.60 Å². The highest BCUT2D eigenvalue weighted by atomic mass is 16.6. The molecule has 0 N–H and O–H groups in total. The van der Waals surface area contributed by atoms with Crippen molar-refractivity contribution in [3.8, 4) is 11.5 Å². The second-order valence-electron chi connectivity index (χ2n) is 8.31. The van der Waals surface area contributed by atoms with Gasteiger partial charge in [-0.1, -0.05) is 13.0 Å². The van der Waals surface area contributed by atoms with E-state index in [1.54, 1.807) is 7.11 Å². The molecule has 6 nitrogen and oxygen atoms in total. The van der Waals surface area contributed by atoms with Crippen molar-refractivity contribution in [3.05, 3.63) is 23.3 Å². The topological polar surface area (TPSA) is 65.1 Å². The molecule has 28 heavy (non-hydrogen) atoms. The molecule has 4 atom stereocenters. The van der Waals surface area contributed by atoms with Crippen LogP contribution in [0.1, 0.15) is 51.2 Å². The standard InChI is InChI=1S/C22H29NO5/c1-6-15-7-8-17(26-5)19-18(15)21-11-12-23(4)13(2)22(21,28-14(3)24)10-9-16(25)20(21)27-19/h7-8,13,20H,6,9-12H2,1-5H3. The number of rotatable bonds is 3. The first-order valence-corrected chi connectivity index (χ1v) is 10.1. The van der Waals surface area contributed by atoms with Gasteiger partial charge in [-0.05, 0) is 51.4 Å². The second kappa shape index (κ2) is 6.48. The number of likely N-dealkylation sites (N-methyl/N-ethyl adjacent to an activating group) is 1. The van der Waals surface area contributed by atoms with Gasteiger partial charge < -0.3 is 14.2 Å². The minimum Gasteiger partial charge on any atom is -0.493 e. The average Bonchev–Trinajstić information content (AvgIpc) is 3.03. The molecule has 3 aliphatic rings. The molecule has 2 aliphatic heterocycles. The minimum absolute atomic E-state index is 0.0359. The van der Waals surface area contributed by atoms with E-state index in [1.807, 2.05) is 6.07 Å². The quantitative estimate of drug-likeness (QED) is 0.743. The summed E-state index contributed by atoms with van der Waals surface area (Å²) in [4.78, 5) is 27.6. The number of Topliss-reactive ketones (excluding diaryl/α,β-unsaturated/α-hetero) is 1. The van der Waals surface area contributed by atoms with Crippen molar-refractivity contribution in [3.63, 3.8) is 0 Å². The maximum atomic E-state index is 13.1. The lowest BCUT2D eigenvalue weighted by Gasteiger charge is -2.60. The Hall–Kier alpha value is -2.08. The summed E-state index contributed by atoms with van der Waals surface area (Å²) >= 11 is 0. The average molecular weight is 387 g/mol. The van der Waals surface area contributed by atoms with Crippen LogP contribution in [0.4, 0.5) is 0 Å². The summed E-state index contributed by atoms with van der Waals surface area (Å²) < 4.78 is 18.1. The molecule has 4 rings (SSSR count). The normalized spacial score (nSPS) is 34.1. The van der Waals surface area contributed by atoms with E-state index < -0.39 is 17.1 Å². The number of fused-ring (bicyclic) bond motifs is 1. The molecule has 1 spiro atoms. The fraction of sp³-hybridized carbons (Fsp3) is 0.636. The maximum Gasteiger partial charge on any atom is 0.303 e. The molecular formula is C22H29NO5. The van der Waals surface area contributed by atoms with Crippen molar-refractivity contribution < 1.29 is 23.8 Å². The van der Waals surface area contributed by atoms with Crippen LogP contribution < -0.4 is 9.47 Å². The van der Waals surface area contributed by atoms with Crippen molar-refractivity contribution in [2.24, 2.45) is 0 Å². The SMILES string of the molecule is CCc1ccc(OC)c2c1C13CCN(C)C(C)C1(OC(C)=O)CCC(=O)C3O2. The molecule has 1 aromatic rings. The molecule has 0 amide bonds. The Morgan fingerprint density at radius 1 is 1.36 bits per heavy atom. The third-order valence-electron chi connectivity index (χ3n) is 7.25. The van der Waals surface area contributed by atoms with Crippen LogP contribution in [-0.4, -0.2) is 55.1 Å². The highest BCUT2D eigenvalue weighted by Gasteiger charge is 2.72. The molecule has 4 unspecified atom stereocenters. The van der Waals surface area contributed by atoms with Crippen LogP contribution in [0, 0.1) is 0 Å². The molecule has 0 aromatic heterocycles. The van der Waals surface area contributed by atoms with Gasteiger partial charge in [0.15, 0.2) is 23.4 Å². The van der Waals surface area contributed by atoms with Crippen molar-refractivity contribution in [2.75, 3.05) is 20.7 Å². The number of hydrogen-bond acceptors (Lipinski definition) is 6. The molecular weight excluding hydrogens is 358 g/mol. The molecule has 2 fully saturated rings. The Morgan fingerprint density at radius 2 is 2.11 bits per heavy atom. The Balaban J connectivity index is 2.05. The number of methoxy groups -OCH3 is 1. The van der Waals surface area contributed by atoms with Gasteiger partial charge in [-0.2, -0.15) is 0 Å². The van der Waals surface area contributed by atoms with Gasteiger partial charge in [0, 0.05) is 24.9 Å². The first-order chi connectivity index (χ1) is 13.3. The van der Waals surface area contributed by atoms with E-state index in [9.17, 15) is 9.59 Å². The van der Waals surface area contributed by atoms with Crippen LogP contribution >= 0.6 is 0 Å². The largest absolute Gasteiger partial charge is 0.493 e. The summed E-state index contributed by atoms with van der Waals surface area (Å²) in [6.07, 6.45) is 1.71. The van der Waals surface area contributed by atoms with Crippen molar-refractivity contribution in [1.82, 2.24) is 4.90 Å². The summed E-state index contributed by atoms with van der Waals surface area (Å²) in [5.41, 5.74) is 0.635. The van der Waals surface area contributed by atoms with Crippen LogP contribution in [0.3, 0.4) is 0 Å². The third kappa shape index (κ3) is 2.24. The Bertz CT molecular complexity index is 836. The summed E-state index contributed by atoms with van der Waals surface area (Å²) in [6.45, 7) is 6.46. The van der Waals surface area contributed by atoms with Gasteiger partial charge in [-0.25, -0.2) is 0 Å². The van der Waals surface area contributed by atoms with E-state index in [0.717, 1.165) is 24.1 Å². The molecule has 152 valence electrons. The summed E-state index contributed by atoms with van der Waals surface area (Å²) in [6, 6.07) is 3.92. The number of ketones is 1. The third-order valence-corrected chi connectivity index (χ3v) is 7.25. The number of piperidine rings is 1. The summed E-state index contributed by atoms with van der Waals surface area (Å²) in [7, 11) is 3.67. The first-order valence-electron chi connectivity index (χ1n) is 10.1. The number of hydrogen-bond donors (Lipinski definition) is 0. The lowest BCUT2D eigenvalue weighted by molar-refractivity contribution is -0.206. The van der Waals surface area contributed by atoms with E-state index in [-0.39, 0.29) is 17.8 Å². The smallest absolute Gasteiger partial charge is 0.303 e. The van der Waals surface area contributed by atoms with E-state index in [1.165, 1.54) is 6.92 Å². The number of likely N-dealkylation sites (tertiary alicyclic amines) is 1. The summed E-state index contributed by atoms with van der Waals surface area (Å²) in [5, 5.41) is 0. The van der Waals surface area contributed by atoms with Gasteiger partial charge in [0.2, 0.25) is 0 Å². The molecule has 0 radical (unpaired) electrons. The van der Waals surface area contributed by atoms with Gasteiger partial charge in [-0.15, -0.1) is 0 Å². The van der Waals surface area contributed by atoms with Crippen LogP contribution in [0.5, 0.6) is 11.5 Å². The monoisotopic (exact) mass is 387 g/mol. The van der Waals surface area contributed by atoms with Crippen LogP contribution in [-0.2, 0) is 26.2 Å². The van der Waals surface area contributed by atoms with Crippen LogP contribution in [0.25, 0.3) is 0 Å².